The lowest BCUT2D eigenvalue weighted by molar-refractivity contribution is -0.143. The van der Waals surface area contributed by atoms with Crippen LogP contribution in [-0.4, -0.2) is 34.6 Å². The van der Waals surface area contributed by atoms with Gasteiger partial charge in [0.1, 0.15) is 6.04 Å². The molecule has 1 aromatic carbocycles. The van der Waals surface area contributed by atoms with Crippen LogP contribution in [0.25, 0.3) is 0 Å². The predicted octanol–water partition coefficient (Wildman–Crippen LogP) is 3.04. The summed E-state index contributed by atoms with van der Waals surface area (Å²) in [5.74, 6) is -0.232. The molecule has 19 heavy (non-hydrogen) atoms. The van der Waals surface area contributed by atoms with Crippen LogP contribution in [0.15, 0.2) is 24.3 Å². The molecule has 3 nitrogen and oxygen atoms in total. The first-order valence-corrected chi connectivity index (χ1v) is 7.08. The molecule has 0 unspecified atom stereocenters. The Bertz CT molecular complexity index is 458. The van der Waals surface area contributed by atoms with Crippen LogP contribution < -0.4 is 0 Å². The molecule has 0 spiro atoms. The van der Waals surface area contributed by atoms with E-state index in [-0.39, 0.29) is 6.04 Å². The molecule has 1 aliphatic heterocycles. The predicted molar refractivity (Wildman–Crippen MR) is 76.4 cm³/mol. The Balaban J connectivity index is 2.17. The average molecular weight is 261 g/mol. The number of nitrogens with zero attached hydrogens (tertiary/aromatic N) is 1. The van der Waals surface area contributed by atoms with Crippen molar-refractivity contribution in [2.24, 2.45) is 0 Å². The van der Waals surface area contributed by atoms with Gasteiger partial charge in [-0.2, -0.15) is 0 Å². The fourth-order valence-corrected chi connectivity index (χ4v) is 3.31. The topological polar surface area (TPSA) is 40.5 Å². The molecule has 0 aliphatic carbocycles. The van der Waals surface area contributed by atoms with Gasteiger partial charge in [-0.25, -0.2) is 0 Å². The van der Waals surface area contributed by atoms with E-state index < -0.39 is 5.97 Å². The monoisotopic (exact) mass is 261 g/mol. The molecule has 0 amide bonds. The van der Waals surface area contributed by atoms with E-state index in [1.54, 1.807) is 0 Å². The van der Waals surface area contributed by atoms with Crippen LogP contribution in [0, 0.1) is 6.92 Å². The second-order valence-corrected chi connectivity index (χ2v) is 5.60. The van der Waals surface area contributed by atoms with Crippen LogP contribution in [0.2, 0.25) is 0 Å². The van der Waals surface area contributed by atoms with Crippen LogP contribution in [0.1, 0.15) is 43.7 Å². The van der Waals surface area contributed by atoms with E-state index in [0.29, 0.717) is 18.4 Å². The van der Waals surface area contributed by atoms with E-state index in [2.05, 4.69) is 43.0 Å². The Morgan fingerprint density at radius 2 is 2.16 bits per heavy atom. The second-order valence-electron chi connectivity index (χ2n) is 5.60. The number of hydrogen-bond acceptors (Lipinski definition) is 2. The molecule has 3 atom stereocenters. The molecule has 0 radical (unpaired) electrons. The van der Waals surface area contributed by atoms with Gasteiger partial charge < -0.3 is 5.11 Å². The number of carboxylic acid groups (broad SMARTS) is 1. The van der Waals surface area contributed by atoms with Crippen molar-refractivity contribution in [3.8, 4) is 0 Å². The maximum atomic E-state index is 11.3. The molecule has 1 saturated heterocycles. The third-order valence-electron chi connectivity index (χ3n) is 4.32. The fraction of sp³-hybridized carbons (Fsp3) is 0.562. The van der Waals surface area contributed by atoms with Crippen LogP contribution in [-0.2, 0) is 4.79 Å². The van der Waals surface area contributed by atoms with Gasteiger partial charge in [0.05, 0.1) is 0 Å². The molecule has 0 bridgehead atoms. The normalized spacial score (nSPS) is 25.4. The highest BCUT2D eigenvalue weighted by atomic mass is 16.4. The van der Waals surface area contributed by atoms with Crippen LogP contribution in [0.3, 0.4) is 0 Å². The number of carbonyl (C=O) groups is 1. The summed E-state index contributed by atoms with van der Waals surface area (Å²) in [7, 11) is 0. The standard InChI is InChI=1S/C16H23NO2/c1-4-15(16(18)19)17-10-13(9-12(17)3)14-8-6-5-7-11(14)2/h5-8,12-13,15H,4,9-10H2,1-3H3,(H,18,19)/t12-,13+,15-/m1/s1. The number of hydrogen-bond donors (Lipinski definition) is 1. The summed E-state index contributed by atoms with van der Waals surface area (Å²) in [6.07, 6.45) is 1.72. The Labute approximate surface area is 115 Å². The Kier molecular flexibility index (Phi) is 4.25. The Morgan fingerprint density at radius 1 is 1.47 bits per heavy atom. The molecule has 3 heteroatoms. The summed E-state index contributed by atoms with van der Waals surface area (Å²) >= 11 is 0. The largest absolute Gasteiger partial charge is 0.480 e. The van der Waals surface area contributed by atoms with Crippen molar-refractivity contribution in [1.82, 2.24) is 4.90 Å². The third kappa shape index (κ3) is 2.81. The minimum atomic E-state index is -0.695. The Hall–Kier alpha value is -1.35. The van der Waals surface area contributed by atoms with Gasteiger partial charge in [0.25, 0.3) is 0 Å². The maximum absolute atomic E-state index is 11.3. The summed E-state index contributed by atoms with van der Waals surface area (Å²) < 4.78 is 0. The van der Waals surface area contributed by atoms with Crippen molar-refractivity contribution in [3.63, 3.8) is 0 Å². The van der Waals surface area contributed by atoms with Gasteiger partial charge in [-0.05, 0) is 43.7 Å². The van der Waals surface area contributed by atoms with Gasteiger partial charge in [-0.3, -0.25) is 9.69 Å². The summed E-state index contributed by atoms with van der Waals surface area (Å²) in [5, 5.41) is 9.32. The lowest BCUT2D eigenvalue weighted by atomic mass is 9.93. The molecule has 0 saturated carbocycles. The number of rotatable bonds is 4. The van der Waals surface area contributed by atoms with E-state index >= 15 is 0 Å². The highest BCUT2D eigenvalue weighted by Gasteiger charge is 2.37. The number of carboxylic acids is 1. The van der Waals surface area contributed by atoms with Crippen molar-refractivity contribution >= 4 is 5.97 Å². The first-order chi connectivity index (χ1) is 9.04. The molecule has 2 rings (SSSR count). The zero-order valence-corrected chi connectivity index (χ0v) is 12.0. The van der Waals surface area contributed by atoms with Gasteiger partial charge >= 0.3 is 5.97 Å². The van der Waals surface area contributed by atoms with E-state index in [4.69, 9.17) is 0 Å². The van der Waals surface area contributed by atoms with E-state index in [1.165, 1.54) is 11.1 Å². The minimum absolute atomic E-state index is 0.339. The SMILES string of the molecule is CC[C@H](C(=O)O)N1C[C@@H](c2ccccc2C)C[C@H]1C. The van der Waals surface area contributed by atoms with Gasteiger partial charge in [0.15, 0.2) is 0 Å². The summed E-state index contributed by atoms with van der Waals surface area (Å²) in [4.78, 5) is 13.5. The van der Waals surface area contributed by atoms with Crippen molar-refractivity contribution in [1.29, 1.82) is 0 Å². The molecule has 104 valence electrons. The van der Waals surface area contributed by atoms with E-state index in [1.807, 2.05) is 6.92 Å². The summed E-state index contributed by atoms with van der Waals surface area (Å²) in [5.41, 5.74) is 2.68. The number of benzene rings is 1. The van der Waals surface area contributed by atoms with E-state index in [9.17, 15) is 9.90 Å². The molecule has 1 N–H and O–H groups in total. The smallest absolute Gasteiger partial charge is 0.320 e. The lowest BCUT2D eigenvalue weighted by Gasteiger charge is -2.27. The Morgan fingerprint density at radius 3 is 2.74 bits per heavy atom. The number of likely N-dealkylation sites (tertiary alicyclic amines) is 1. The van der Waals surface area contributed by atoms with Crippen LogP contribution in [0.4, 0.5) is 0 Å². The first kappa shape index (κ1) is 14.1. The summed E-state index contributed by atoms with van der Waals surface area (Å²) in [6.45, 7) is 7.09. The summed E-state index contributed by atoms with van der Waals surface area (Å²) in [6, 6.07) is 8.44. The second kappa shape index (κ2) is 5.74. The average Bonchev–Trinajstić information content (AvgIpc) is 2.72. The van der Waals surface area contributed by atoms with Gasteiger partial charge in [-0.15, -0.1) is 0 Å². The third-order valence-corrected chi connectivity index (χ3v) is 4.32. The quantitative estimate of drug-likeness (QED) is 0.905. The first-order valence-electron chi connectivity index (χ1n) is 7.08. The highest BCUT2D eigenvalue weighted by Crippen LogP contribution is 2.34. The molecule has 1 aliphatic rings. The van der Waals surface area contributed by atoms with E-state index in [0.717, 1.165) is 13.0 Å². The number of aryl methyl sites for hydroxylation is 1. The molecule has 1 aromatic rings. The lowest BCUT2D eigenvalue weighted by Crippen LogP contribution is -2.42. The molecule has 1 fully saturated rings. The zero-order chi connectivity index (χ0) is 14.0. The molecular formula is C16H23NO2. The van der Waals surface area contributed by atoms with Gasteiger partial charge in [-0.1, -0.05) is 31.2 Å². The van der Waals surface area contributed by atoms with Crippen LogP contribution >= 0.6 is 0 Å². The van der Waals surface area contributed by atoms with Crippen molar-refractivity contribution in [2.75, 3.05) is 6.54 Å². The van der Waals surface area contributed by atoms with Gasteiger partial charge in [0, 0.05) is 12.6 Å². The minimum Gasteiger partial charge on any atom is -0.480 e. The molecule has 0 aromatic heterocycles. The van der Waals surface area contributed by atoms with Crippen LogP contribution in [0.5, 0.6) is 0 Å². The zero-order valence-electron chi connectivity index (χ0n) is 12.0. The van der Waals surface area contributed by atoms with Gasteiger partial charge in [0.2, 0.25) is 0 Å². The highest BCUT2D eigenvalue weighted by molar-refractivity contribution is 5.73. The van der Waals surface area contributed by atoms with Crippen molar-refractivity contribution in [2.45, 2.75) is 51.6 Å². The maximum Gasteiger partial charge on any atom is 0.320 e. The van der Waals surface area contributed by atoms with Crippen molar-refractivity contribution in [3.05, 3.63) is 35.4 Å². The van der Waals surface area contributed by atoms with Crippen molar-refractivity contribution < 1.29 is 9.90 Å². The molecular weight excluding hydrogens is 238 g/mol. The molecule has 1 heterocycles. The fourth-order valence-electron chi connectivity index (χ4n) is 3.31. The number of aliphatic carboxylic acids is 1.